The van der Waals surface area contributed by atoms with Crippen LogP contribution in [0.25, 0.3) is 0 Å². The molecule has 8 nitrogen and oxygen atoms in total. The Morgan fingerprint density at radius 1 is 1.04 bits per heavy atom. The molecule has 0 fully saturated rings. The summed E-state index contributed by atoms with van der Waals surface area (Å²) in [5, 5.41) is 0. The van der Waals surface area contributed by atoms with Gasteiger partial charge >= 0.3 is 16.1 Å². The summed E-state index contributed by atoms with van der Waals surface area (Å²) in [5.74, 6) is -1.57. The maximum absolute atomic E-state index is 12.5. The van der Waals surface area contributed by atoms with Crippen molar-refractivity contribution in [2.24, 2.45) is 5.73 Å². The van der Waals surface area contributed by atoms with Crippen molar-refractivity contribution in [1.29, 1.82) is 0 Å². The number of carbonyl (C=O) groups excluding carboxylic acids is 2. The van der Waals surface area contributed by atoms with E-state index in [2.05, 4.69) is 4.74 Å². The maximum Gasteiger partial charge on any atom is 0.339 e. The molecule has 2 rings (SSSR count). The third kappa shape index (κ3) is 4.07. The minimum absolute atomic E-state index is 0.0351. The maximum atomic E-state index is 12.5. The number of esters is 1. The molecule has 0 saturated carbocycles. The zero-order valence-electron chi connectivity index (χ0n) is 13.4. The van der Waals surface area contributed by atoms with E-state index >= 15 is 0 Å². The van der Waals surface area contributed by atoms with Gasteiger partial charge in [-0.25, -0.2) is 4.79 Å². The van der Waals surface area contributed by atoms with E-state index < -0.39 is 22.0 Å². The van der Waals surface area contributed by atoms with E-state index in [0.717, 1.165) is 6.07 Å². The van der Waals surface area contributed by atoms with Gasteiger partial charge in [-0.15, -0.1) is 0 Å². The van der Waals surface area contributed by atoms with Gasteiger partial charge in [0.2, 0.25) is 0 Å². The van der Waals surface area contributed by atoms with E-state index in [0.29, 0.717) is 0 Å². The van der Waals surface area contributed by atoms with Crippen LogP contribution in [0.5, 0.6) is 11.5 Å². The lowest BCUT2D eigenvalue weighted by atomic mass is 10.2. The highest BCUT2D eigenvalue weighted by molar-refractivity contribution is 7.87. The second kappa shape index (κ2) is 7.22. The quantitative estimate of drug-likeness (QED) is 0.605. The third-order valence-electron chi connectivity index (χ3n) is 3.20. The summed E-state index contributed by atoms with van der Waals surface area (Å²) < 4.78 is 39.5. The monoisotopic (exact) mass is 365 g/mol. The molecule has 132 valence electrons. The van der Waals surface area contributed by atoms with Crippen LogP contribution < -0.4 is 14.7 Å². The number of hydrogen-bond acceptors (Lipinski definition) is 7. The first-order valence-corrected chi connectivity index (χ1v) is 8.30. The SMILES string of the molecule is COC(=O)c1cccc(S(=O)(=O)Oc2cc(OC)ccc2C(N)=O)c1. The summed E-state index contributed by atoms with van der Waals surface area (Å²) in [6.45, 7) is 0. The highest BCUT2D eigenvalue weighted by atomic mass is 32.2. The van der Waals surface area contributed by atoms with Crippen LogP contribution in [0.1, 0.15) is 20.7 Å². The van der Waals surface area contributed by atoms with Crippen molar-refractivity contribution in [2.45, 2.75) is 4.90 Å². The Morgan fingerprint density at radius 2 is 1.76 bits per heavy atom. The molecule has 0 aliphatic carbocycles. The molecule has 2 aromatic carbocycles. The lowest BCUT2D eigenvalue weighted by molar-refractivity contribution is 0.0600. The first kappa shape index (κ1) is 18.3. The lowest BCUT2D eigenvalue weighted by Crippen LogP contribution is -2.17. The lowest BCUT2D eigenvalue weighted by Gasteiger charge is -2.11. The molecule has 0 unspecified atom stereocenters. The number of ether oxygens (including phenoxy) is 2. The van der Waals surface area contributed by atoms with Gasteiger partial charge in [0.05, 0.1) is 25.3 Å². The fourth-order valence-electron chi connectivity index (χ4n) is 1.96. The van der Waals surface area contributed by atoms with Gasteiger partial charge in [0.25, 0.3) is 5.91 Å². The Labute approximate surface area is 144 Å². The van der Waals surface area contributed by atoms with Gasteiger partial charge in [-0.1, -0.05) is 6.07 Å². The van der Waals surface area contributed by atoms with Crippen LogP contribution in [-0.4, -0.2) is 34.5 Å². The predicted octanol–water partition coefficient (Wildman–Crippen LogP) is 1.35. The molecule has 0 saturated heterocycles. The Kier molecular flexibility index (Phi) is 5.28. The summed E-state index contributed by atoms with van der Waals surface area (Å²) in [6.07, 6.45) is 0. The molecule has 0 radical (unpaired) electrons. The molecule has 0 atom stereocenters. The van der Waals surface area contributed by atoms with Gasteiger partial charge < -0.3 is 19.4 Å². The van der Waals surface area contributed by atoms with E-state index in [1.807, 2.05) is 0 Å². The Morgan fingerprint density at radius 3 is 2.36 bits per heavy atom. The van der Waals surface area contributed by atoms with Crippen molar-refractivity contribution >= 4 is 22.0 Å². The zero-order valence-corrected chi connectivity index (χ0v) is 14.2. The number of nitrogens with two attached hydrogens (primary N) is 1. The van der Waals surface area contributed by atoms with E-state index in [9.17, 15) is 18.0 Å². The number of methoxy groups -OCH3 is 2. The van der Waals surface area contributed by atoms with Crippen molar-refractivity contribution in [3.8, 4) is 11.5 Å². The molecule has 9 heteroatoms. The molecule has 1 amide bonds. The van der Waals surface area contributed by atoms with Gasteiger partial charge in [0, 0.05) is 6.07 Å². The fraction of sp³-hybridized carbons (Fsp3) is 0.125. The fourth-order valence-corrected chi connectivity index (χ4v) is 2.95. The minimum Gasteiger partial charge on any atom is -0.497 e. The van der Waals surface area contributed by atoms with Crippen LogP contribution in [0.3, 0.4) is 0 Å². The van der Waals surface area contributed by atoms with Crippen LogP contribution in [0, 0.1) is 0 Å². The molecule has 2 aromatic rings. The zero-order chi connectivity index (χ0) is 18.6. The summed E-state index contributed by atoms with van der Waals surface area (Å²) in [7, 11) is -1.78. The third-order valence-corrected chi connectivity index (χ3v) is 4.43. The average molecular weight is 365 g/mol. The van der Waals surface area contributed by atoms with Gasteiger partial charge in [-0.3, -0.25) is 4.79 Å². The van der Waals surface area contributed by atoms with Gasteiger partial charge in [-0.05, 0) is 30.3 Å². The van der Waals surface area contributed by atoms with E-state index in [1.54, 1.807) is 0 Å². The number of rotatable bonds is 6. The standard InChI is InChI=1S/C16H15NO7S/c1-22-11-6-7-13(15(17)18)14(9-11)24-25(20,21)12-5-3-4-10(8-12)16(19)23-2/h3-9H,1-2H3,(H2,17,18). The molecule has 0 aliphatic heterocycles. The van der Waals surface area contributed by atoms with Crippen molar-refractivity contribution in [1.82, 2.24) is 0 Å². The molecule has 0 spiro atoms. The van der Waals surface area contributed by atoms with Crippen molar-refractivity contribution < 1.29 is 31.7 Å². The number of amides is 1. The second-order valence-electron chi connectivity index (χ2n) is 4.78. The molecule has 0 aliphatic rings. The van der Waals surface area contributed by atoms with Crippen LogP contribution >= 0.6 is 0 Å². The van der Waals surface area contributed by atoms with Crippen LogP contribution in [0.2, 0.25) is 0 Å². The Hall–Kier alpha value is -3.07. The number of hydrogen-bond donors (Lipinski definition) is 1. The summed E-state index contributed by atoms with van der Waals surface area (Å²) in [5.41, 5.74) is 5.13. The summed E-state index contributed by atoms with van der Waals surface area (Å²) >= 11 is 0. The van der Waals surface area contributed by atoms with Crippen molar-refractivity contribution in [3.05, 3.63) is 53.6 Å². The topological polar surface area (TPSA) is 122 Å². The highest BCUT2D eigenvalue weighted by Gasteiger charge is 2.22. The van der Waals surface area contributed by atoms with Crippen molar-refractivity contribution in [3.63, 3.8) is 0 Å². The Bertz CT molecular complexity index is 922. The van der Waals surface area contributed by atoms with Crippen LogP contribution in [0.15, 0.2) is 47.4 Å². The van der Waals surface area contributed by atoms with Crippen molar-refractivity contribution in [2.75, 3.05) is 14.2 Å². The molecular weight excluding hydrogens is 350 g/mol. The molecule has 25 heavy (non-hydrogen) atoms. The van der Waals surface area contributed by atoms with Gasteiger partial charge in [0.1, 0.15) is 10.6 Å². The average Bonchev–Trinajstić information content (AvgIpc) is 2.60. The summed E-state index contributed by atoms with van der Waals surface area (Å²) in [4.78, 5) is 22.7. The van der Waals surface area contributed by atoms with E-state index in [1.165, 1.54) is 50.6 Å². The van der Waals surface area contributed by atoms with Gasteiger partial charge in [-0.2, -0.15) is 8.42 Å². The second-order valence-corrected chi connectivity index (χ2v) is 6.33. The smallest absolute Gasteiger partial charge is 0.339 e. The molecule has 0 aromatic heterocycles. The van der Waals surface area contributed by atoms with Crippen LogP contribution in [0.4, 0.5) is 0 Å². The van der Waals surface area contributed by atoms with E-state index in [-0.39, 0.29) is 27.5 Å². The first-order chi connectivity index (χ1) is 11.8. The molecule has 2 N–H and O–H groups in total. The predicted molar refractivity (Wildman–Crippen MR) is 87.1 cm³/mol. The molecular formula is C16H15NO7S. The molecule has 0 heterocycles. The largest absolute Gasteiger partial charge is 0.497 e. The first-order valence-electron chi connectivity index (χ1n) is 6.89. The normalized spacial score (nSPS) is 10.8. The number of carbonyl (C=O) groups is 2. The van der Waals surface area contributed by atoms with E-state index in [4.69, 9.17) is 14.7 Å². The van der Waals surface area contributed by atoms with Crippen LogP contribution in [-0.2, 0) is 14.9 Å². The number of benzene rings is 2. The highest BCUT2D eigenvalue weighted by Crippen LogP contribution is 2.28. The van der Waals surface area contributed by atoms with Gasteiger partial charge in [0.15, 0.2) is 5.75 Å². The summed E-state index contributed by atoms with van der Waals surface area (Å²) in [6, 6.07) is 9.06. The molecule has 0 bridgehead atoms. The Balaban J connectivity index is 2.46. The number of primary amides is 1. The minimum atomic E-state index is -4.33.